The molecule has 1 atom stereocenters. The van der Waals surface area contributed by atoms with Crippen LogP contribution in [0.3, 0.4) is 0 Å². The number of aryl methyl sites for hydroxylation is 1. The Hall–Kier alpha value is -2.49. The maximum atomic E-state index is 13.0. The number of anilines is 1. The van der Waals surface area contributed by atoms with E-state index in [1.807, 2.05) is 38.1 Å². The van der Waals surface area contributed by atoms with Gasteiger partial charge in [-0.1, -0.05) is 41.1 Å². The van der Waals surface area contributed by atoms with Gasteiger partial charge >= 0.3 is 0 Å². The molecule has 0 saturated heterocycles. The van der Waals surface area contributed by atoms with Crippen LogP contribution in [0.25, 0.3) is 11.1 Å². The largest absolute Gasteiger partial charge is 0.431 e. The number of rotatable bonds is 6. The summed E-state index contributed by atoms with van der Waals surface area (Å²) in [5, 5.41) is 9.51. The fraction of sp³-hybridized carbons (Fsp3) is 0.250. The highest BCUT2D eigenvalue weighted by molar-refractivity contribution is 8.00. The lowest BCUT2D eigenvalue weighted by Gasteiger charge is -2.24. The second-order valence-corrected chi connectivity index (χ2v) is 7.81. The Labute approximate surface area is 166 Å². The normalized spacial score (nSPS) is 11.9. The monoisotopic (exact) mass is 399 g/mol. The summed E-state index contributed by atoms with van der Waals surface area (Å²) < 4.78 is 5.70. The third-order valence-corrected chi connectivity index (χ3v) is 5.18. The van der Waals surface area contributed by atoms with Crippen molar-refractivity contribution in [3.05, 3.63) is 53.1 Å². The Morgan fingerprint density at radius 2 is 2.07 bits per heavy atom. The standard InChI is InChI=1S/C20H18ClN3O2S/c1-13-4-7-16(8-5-13)24(11-3-10-22)19(25)14(2)27-20-23-17-12-15(21)6-9-18(17)26-20/h4-9,12,14H,3,11H2,1-2H3. The van der Waals surface area contributed by atoms with Crippen LogP contribution in [0.5, 0.6) is 0 Å². The molecule has 0 aliphatic rings. The average Bonchev–Trinajstić information content (AvgIpc) is 3.04. The fourth-order valence-corrected chi connectivity index (χ4v) is 3.59. The van der Waals surface area contributed by atoms with Gasteiger partial charge in [0.15, 0.2) is 5.58 Å². The molecule has 0 N–H and O–H groups in total. The minimum atomic E-state index is -0.423. The maximum Gasteiger partial charge on any atom is 0.257 e. The molecule has 3 rings (SSSR count). The van der Waals surface area contributed by atoms with Gasteiger partial charge in [-0.15, -0.1) is 0 Å². The van der Waals surface area contributed by atoms with Crippen LogP contribution in [0.4, 0.5) is 5.69 Å². The Bertz CT molecular complexity index is 995. The molecule has 0 spiro atoms. The van der Waals surface area contributed by atoms with Crippen molar-refractivity contribution in [3.8, 4) is 6.07 Å². The van der Waals surface area contributed by atoms with Crippen molar-refractivity contribution in [2.45, 2.75) is 30.7 Å². The molecular weight excluding hydrogens is 382 g/mol. The van der Waals surface area contributed by atoms with Gasteiger partial charge in [0.25, 0.3) is 5.22 Å². The minimum Gasteiger partial charge on any atom is -0.431 e. The quantitative estimate of drug-likeness (QED) is 0.531. The number of amides is 1. The second kappa shape index (κ2) is 8.47. The molecule has 0 aliphatic carbocycles. The van der Waals surface area contributed by atoms with Gasteiger partial charge in [-0.05, 0) is 44.2 Å². The van der Waals surface area contributed by atoms with Crippen LogP contribution in [-0.4, -0.2) is 22.7 Å². The first-order valence-electron chi connectivity index (χ1n) is 8.45. The summed E-state index contributed by atoms with van der Waals surface area (Å²) >= 11 is 7.23. The molecule has 0 radical (unpaired) electrons. The topological polar surface area (TPSA) is 70.1 Å². The molecule has 1 heterocycles. The van der Waals surface area contributed by atoms with Gasteiger partial charge in [0.05, 0.1) is 17.7 Å². The number of nitrogens with zero attached hydrogens (tertiary/aromatic N) is 3. The van der Waals surface area contributed by atoms with E-state index in [4.69, 9.17) is 21.3 Å². The molecule has 1 unspecified atom stereocenters. The minimum absolute atomic E-state index is 0.0978. The molecule has 138 valence electrons. The molecule has 7 heteroatoms. The smallest absolute Gasteiger partial charge is 0.257 e. The number of thioether (sulfide) groups is 1. The molecule has 1 aromatic heterocycles. The van der Waals surface area contributed by atoms with Crippen LogP contribution in [-0.2, 0) is 4.79 Å². The van der Waals surface area contributed by atoms with E-state index < -0.39 is 5.25 Å². The van der Waals surface area contributed by atoms with Crippen LogP contribution in [0.2, 0.25) is 5.02 Å². The van der Waals surface area contributed by atoms with Crippen molar-refractivity contribution >= 4 is 46.1 Å². The third-order valence-electron chi connectivity index (χ3n) is 4.01. The average molecular weight is 400 g/mol. The summed E-state index contributed by atoms with van der Waals surface area (Å²) in [6.45, 7) is 4.14. The van der Waals surface area contributed by atoms with Crippen molar-refractivity contribution < 1.29 is 9.21 Å². The number of hydrogen-bond acceptors (Lipinski definition) is 5. The first-order chi connectivity index (χ1) is 13.0. The van der Waals surface area contributed by atoms with Crippen molar-refractivity contribution in [2.24, 2.45) is 0 Å². The number of carbonyl (C=O) groups excluding carboxylic acids is 1. The maximum absolute atomic E-state index is 13.0. The lowest BCUT2D eigenvalue weighted by atomic mass is 10.2. The van der Waals surface area contributed by atoms with E-state index >= 15 is 0 Å². The number of benzene rings is 2. The lowest BCUT2D eigenvalue weighted by Crippen LogP contribution is -2.37. The Morgan fingerprint density at radius 3 is 2.78 bits per heavy atom. The molecule has 0 aliphatic heterocycles. The number of hydrogen-bond donors (Lipinski definition) is 0. The molecule has 0 fully saturated rings. The highest BCUT2D eigenvalue weighted by Gasteiger charge is 2.24. The van der Waals surface area contributed by atoms with Crippen LogP contribution < -0.4 is 4.90 Å². The third kappa shape index (κ3) is 4.62. The van der Waals surface area contributed by atoms with Gasteiger partial charge in [-0.2, -0.15) is 5.26 Å². The zero-order valence-corrected chi connectivity index (χ0v) is 16.5. The first kappa shape index (κ1) is 19.3. The molecule has 5 nitrogen and oxygen atoms in total. The lowest BCUT2D eigenvalue weighted by molar-refractivity contribution is -0.117. The SMILES string of the molecule is Cc1ccc(N(CCC#N)C(=O)C(C)Sc2nc3cc(Cl)ccc3o2)cc1. The van der Waals surface area contributed by atoms with Gasteiger partial charge in [0.1, 0.15) is 5.52 Å². The van der Waals surface area contributed by atoms with Crippen LogP contribution in [0.15, 0.2) is 52.1 Å². The van der Waals surface area contributed by atoms with Gasteiger partial charge in [0.2, 0.25) is 5.91 Å². The molecular formula is C20H18ClN3O2S. The zero-order chi connectivity index (χ0) is 19.4. The molecule has 0 bridgehead atoms. The van der Waals surface area contributed by atoms with Crippen LogP contribution >= 0.6 is 23.4 Å². The van der Waals surface area contributed by atoms with Gasteiger partial charge in [-0.3, -0.25) is 4.79 Å². The van der Waals surface area contributed by atoms with E-state index in [1.54, 1.807) is 23.1 Å². The summed E-state index contributed by atoms with van der Waals surface area (Å²) in [6.07, 6.45) is 0.262. The molecule has 0 saturated carbocycles. The number of carbonyl (C=O) groups is 1. The van der Waals surface area contributed by atoms with Gasteiger partial charge in [-0.25, -0.2) is 4.98 Å². The number of aromatic nitrogens is 1. The predicted molar refractivity (Wildman–Crippen MR) is 108 cm³/mol. The van der Waals surface area contributed by atoms with Crippen molar-refractivity contribution in [3.63, 3.8) is 0 Å². The highest BCUT2D eigenvalue weighted by atomic mass is 35.5. The summed E-state index contributed by atoms with van der Waals surface area (Å²) in [6, 6.07) is 15.0. The van der Waals surface area contributed by atoms with E-state index in [0.717, 1.165) is 11.3 Å². The van der Waals surface area contributed by atoms with Gasteiger partial charge in [0, 0.05) is 17.3 Å². The fourth-order valence-electron chi connectivity index (χ4n) is 2.60. The van der Waals surface area contributed by atoms with Crippen molar-refractivity contribution in [1.82, 2.24) is 4.98 Å². The van der Waals surface area contributed by atoms with Crippen LogP contribution in [0.1, 0.15) is 18.9 Å². The van der Waals surface area contributed by atoms with Crippen molar-refractivity contribution in [2.75, 3.05) is 11.4 Å². The first-order valence-corrected chi connectivity index (χ1v) is 9.71. The van der Waals surface area contributed by atoms with Gasteiger partial charge < -0.3 is 9.32 Å². The summed E-state index contributed by atoms with van der Waals surface area (Å²) in [7, 11) is 0. The molecule has 2 aromatic carbocycles. The highest BCUT2D eigenvalue weighted by Crippen LogP contribution is 2.30. The summed E-state index contributed by atoms with van der Waals surface area (Å²) in [5.74, 6) is -0.0978. The predicted octanol–water partition coefficient (Wildman–Crippen LogP) is 5.22. The Morgan fingerprint density at radius 1 is 1.33 bits per heavy atom. The van der Waals surface area contributed by atoms with E-state index in [0.29, 0.717) is 27.9 Å². The summed E-state index contributed by atoms with van der Waals surface area (Å²) in [5.41, 5.74) is 3.17. The van der Waals surface area contributed by atoms with Crippen LogP contribution in [0, 0.1) is 18.3 Å². The van der Waals surface area contributed by atoms with E-state index in [9.17, 15) is 4.79 Å². The zero-order valence-electron chi connectivity index (χ0n) is 15.0. The Balaban J connectivity index is 1.79. The van der Waals surface area contributed by atoms with E-state index in [2.05, 4.69) is 11.1 Å². The van der Waals surface area contributed by atoms with E-state index in [-0.39, 0.29) is 12.3 Å². The number of nitriles is 1. The second-order valence-electron chi connectivity index (χ2n) is 6.09. The van der Waals surface area contributed by atoms with E-state index in [1.165, 1.54) is 11.8 Å². The number of fused-ring (bicyclic) bond motifs is 1. The molecule has 3 aromatic rings. The van der Waals surface area contributed by atoms with Crippen molar-refractivity contribution in [1.29, 1.82) is 5.26 Å². The molecule has 1 amide bonds. The number of halogens is 1. The summed E-state index contributed by atoms with van der Waals surface area (Å²) in [4.78, 5) is 19.0. The Kier molecular flexibility index (Phi) is 6.04. The molecule has 27 heavy (non-hydrogen) atoms. The number of oxazole rings is 1.